The quantitative estimate of drug-likeness (QED) is 0.391. The molecule has 50 valence electrons. The van der Waals surface area contributed by atoms with E-state index in [4.69, 9.17) is 0 Å². The highest BCUT2D eigenvalue weighted by Crippen LogP contribution is 1.90. The maximum atomic E-state index is 9.80. The Hall–Kier alpha value is -0.970. The van der Waals surface area contributed by atoms with Gasteiger partial charge in [0.2, 0.25) is 0 Å². The zero-order valence-corrected chi connectivity index (χ0v) is 5.44. The Balaban J connectivity index is 3.07. The van der Waals surface area contributed by atoms with Gasteiger partial charge in [0.25, 0.3) is 0 Å². The second-order valence-electron chi connectivity index (χ2n) is 1.65. The summed E-state index contributed by atoms with van der Waals surface area (Å²) in [5.74, 6) is 4.45. The Morgan fingerprint density at radius 2 is 2.33 bits per heavy atom. The summed E-state index contributed by atoms with van der Waals surface area (Å²) in [7, 11) is 0. The molecule has 0 rings (SSSR count). The molecule has 9 heavy (non-hydrogen) atoms. The minimum atomic E-state index is -0.993. The lowest BCUT2D eigenvalue weighted by Crippen LogP contribution is -2.21. The molecule has 0 saturated heterocycles. The van der Waals surface area contributed by atoms with Gasteiger partial charge in [-0.3, -0.25) is 0 Å². The van der Waals surface area contributed by atoms with Gasteiger partial charge in [0.1, 0.15) is 0 Å². The molecule has 0 bridgehead atoms. The molecule has 0 aromatic rings. The van der Waals surface area contributed by atoms with Crippen molar-refractivity contribution in [2.45, 2.75) is 26.2 Å². The average Bonchev–Trinajstić information content (AvgIpc) is 1.80. The lowest BCUT2D eigenvalue weighted by molar-refractivity contribution is -0.305. The van der Waals surface area contributed by atoms with Crippen LogP contribution in [0.25, 0.3) is 0 Å². The van der Waals surface area contributed by atoms with Gasteiger partial charge in [0, 0.05) is 12.4 Å². The van der Waals surface area contributed by atoms with E-state index in [9.17, 15) is 9.90 Å². The fourth-order valence-electron chi connectivity index (χ4n) is 0.446. The molecular formula is C7H9O2-. The first-order valence-electron chi connectivity index (χ1n) is 2.87. The third kappa shape index (κ3) is 7.03. The van der Waals surface area contributed by atoms with Crippen LogP contribution in [0.4, 0.5) is 0 Å². The largest absolute Gasteiger partial charge is 0.550 e. The summed E-state index contributed by atoms with van der Waals surface area (Å²) in [6.07, 6.45) is 1.38. The molecule has 0 radical (unpaired) electrons. The van der Waals surface area contributed by atoms with Gasteiger partial charge in [0.05, 0.1) is 0 Å². The molecule has 0 aliphatic rings. The fraction of sp³-hybridized carbons (Fsp3) is 0.571. The number of carboxylic acid groups (broad SMARTS) is 1. The van der Waals surface area contributed by atoms with Crippen molar-refractivity contribution in [3.05, 3.63) is 0 Å². The molecule has 0 saturated carbocycles. The number of rotatable bonds is 3. The van der Waals surface area contributed by atoms with Crippen LogP contribution in [0, 0.1) is 11.8 Å². The van der Waals surface area contributed by atoms with Crippen LogP contribution >= 0.6 is 0 Å². The third-order valence-electron chi connectivity index (χ3n) is 0.859. The second kappa shape index (κ2) is 5.17. The summed E-state index contributed by atoms with van der Waals surface area (Å²) in [5, 5.41) is 9.80. The van der Waals surface area contributed by atoms with E-state index in [-0.39, 0.29) is 6.42 Å². The summed E-state index contributed by atoms with van der Waals surface area (Å²) < 4.78 is 0. The van der Waals surface area contributed by atoms with E-state index >= 15 is 0 Å². The van der Waals surface area contributed by atoms with E-state index in [1.807, 2.05) is 0 Å². The number of carboxylic acids is 1. The summed E-state index contributed by atoms with van der Waals surface area (Å²) in [4.78, 5) is 9.80. The minimum absolute atomic E-state index is 0.120. The highest BCUT2D eigenvalue weighted by molar-refractivity contribution is 5.64. The van der Waals surface area contributed by atoms with Gasteiger partial charge in [0.15, 0.2) is 0 Å². The summed E-state index contributed by atoms with van der Waals surface area (Å²) >= 11 is 0. The van der Waals surface area contributed by atoms with Gasteiger partial charge in [-0.2, -0.15) is 0 Å². The van der Waals surface area contributed by atoms with E-state index in [1.54, 1.807) is 6.92 Å². The Morgan fingerprint density at radius 3 is 2.78 bits per heavy atom. The monoisotopic (exact) mass is 125 g/mol. The lowest BCUT2D eigenvalue weighted by atomic mass is 10.2. The van der Waals surface area contributed by atoms with Gasteiger partial charge >= 0.3 is 0 Å². The van der Waals surface area contributed by atoms with Crippen molar-refractivity contribution >= 4 is 5.97 Å². The Kier molecular flexibility index (Phi) is 4.61. The first-order valence-corrected chi connectivity index (χ1v) is 2.87. The van der Waals surface area contributed by atoms with Crippen molar-refractivity contribution in [1.82, 2.24) is 0 Å². The normalized spacial score (nSPS) is 7.67. The molecule has 0 N–H and O–H groups in total. The van der Waals surface area contributed by atoms with Gasteiger partial charge in [-0.15, -0.1) is 11.8 Å². The number of unbranched alkanes of at least 4 members (excludes halogenated alkanes) is 1. The molecule has 0 heterocycles. The Bertz CT molecular complexity index is 139. The molecule has 0 unspecified atom stereocenters. The van der Waals surface area contributed by atoms with E-state index in [0.717, 1.165) is 0 Å². The number of hydrogen-bond acceptors (Lipinski definition) is 2. The third-order valence-corrected chi connectivity index (χ3v) is 0.859. The molecule has 0 aromatic carbocycles. The Morgan fingerprint density at radius 1 is 1.67 bits per heavy atom. The molecule has 0 aliphatic heterocycles. The van der Waals surface area contributed by atoms with Crippen LogP contribution in [0.2, 0.25) is 0 Å². The smallest absolute Gasteiger partial charge is 0.0414 e. The predicted molar refractivity (Wildman–Crippen MR) is 32.3 cm³/mol. The fourth-order valence-corrected chi connectivity index (χ4v) is 0.446. The molecule has 0 fully saturated rings. The van der Waals surface area contributed by atoms with Gasteiger partial charge in [-0.05, 0) is 19.8 Å². The van der Waals surface area contributed by atoms with Gasteiger partial charge < -0.3 is 9.90 Å². The van der Waals surface area contributed by atoms with E-state index in [1.165, 1.54) is 0 Å². The van der Waals surface area contributed by atoms with Crippen molar-refractivity contribution in [2.24, 2.45) is 0 Å². The van der Waals surface area contributed by atoms with Crippen LogP contribution in [-0.2, 0) is 4.79 Å². The van der Waals surface area contributed by atoms with Crippen LogP contribution < -0.4 is 5.11 Å². The van der Waals surface area contributed by atoms with Crippen molar-refractivity contribution in [2.75, 3.05) is 0 Å². The van der Waals surface area contributed by atoms with E-state index in [2.05, 4.69) is 11.8 Å². The lowest BCUT2D eigenvalue weighted by Gasteiger charge is -1.95. The van der Waals surface area contributed by atoms with Gasteiger partial charge in [-0.25, -0.2) is 0 Å². The van der Waals surface area contributed by atoms with Crippen LogP contribution in [0.1, 0.15) is 26.2 Å². The number of aliphatic carboxylic acids is 1. The summed E-state index contributed by atoms with van der Waals surface area (Å²) in [5.41, 5.74) is 0. The van der Waals surface area contributed by atoms with Crippen LogP contribution in [0.5, 0.6) is 0 Å². The molecule has 0 spiro atoms. The second-order valence-corrected chi connectivity index (χ2v) is 1.65. The standard InChI is InChI=1S/C7H10O2/c1-2-3-4-5-6-7(8)9/h4-6H2,1H3,(H,8,9)/p-1. The Labute approximate surface area is 54.9 Å². The highest BCUT2D eigenvalue weighted by Gasteiger charge is 1.83. The van der Waals surface area contributed by atoms with E-state index in [0.29, 0.717) is 12.8 Å². The van der Waals surface area contributed by atoms with Crippen molar-refractivity contribution in [1.29, 1.82) is 0 Å². The molecule has 2 heteroatoms. The first-order chi connectivity index (χ1) is 4.27. The maximum absolute atomic E-state index is 9.80. The highest BCUT2D eigenvalue weighted by atomic mass is 16.4. The van der Waals surface area contributed by atoms with Crippen LogP contribution in [-0.4, -0.2) is 5.97 Å². The average molecular weight is 125 g/mol. The SMILES string of the molecule is CC#CCCCC(=O)[O-]. The molecular weight excluding hydrogens is 116 g/mol. The predicted octanol–water partition coefficient (Wildman–Crippen LogP) is -0.0701. The molecule has 2 nitrogen and oxygen atoms in total. The zero-order chi connectivity index (χ0) is 7.11. The van der Waals surface area contributed by atoms with Crippen LogP contribution in [0.3, 0.4) is 0 Å². The summed E-state index contributed by atoms with van der Waals surface area (Å²) in [6, 6.07) is 0. The summed E-state index contributed by atoms with van der Waals surface area (Å²) in [6.45, 7) is 1.74. The minimum Gasteiger partial charge on any atom is -0.550 e. The number of hydrogen-bond donors (Lipinski definition) is 0. The van der Waals surface area contributed by atoms with Crippen molar-refractivity contribution in [3.8, 4) is 11.8 Å². The van der Waals surface area contributed by atoms with Crippen molar-refractivity contribution < 1.29 is 9.90 Å². The molecule has 0 atom stereocenters. The maximum Gasteiger partial charge on any atom is 0.0414 e. The van der Waals surface area contributed by atoms with Gasteiger partial charge in [-0.1, -0.05) is 0 Å². The van der Waals surface area contributed by atoms with E-state index < -0.39 is 5.97 Å². The van der Waals surface area contributed by atoms with Crippen molar-refractivity contribution in [3.63, 3.8) is 0 Å². The molecule has 0 aliphatic carbocycles. The number of carbonyl (C=O) groups is 1. The zero-order valence-electron chi connectivity index (χ0n) is 5.44. The topological polar surface area (TPSA) is 40.1 Å². The molecule has 0 amide bonds. The number of carbonyl (C=O) groups excluding carboxylic acids is 1. The van der Waals surface area contributed by atoms with Crippen LogP contribution in [0.15, 0.2) is 0 Å². The molecule has 0 aromatic heterocycles. The first kappa shape index (κ1) is 8.03.